The first kappa shape index (κ1) is 11.9. The summed E-state index contributed by atoms with van der Waals surface area (Å²) in [6, 6.07) is 8.67. The summed E-state index contributed by atoms with van der Waals surface area (Å²) in [7, 11) is 1.94. The van der Waals surface area contributed by atoms with Crippen molar-refractivity contribution in [3.8, 4) is 0 Å². The maximum atomic E-state index is 4.14. The van der Waals surface area contributed by atoms with Gasteiger partial charge in [0.15, 0.2) is 0 Å². The Bertz CT molecular complexity index is 474. The molecule has 0 aliphatic carbocycles. The van der Waals surface area contributed by atoms with Crippen LogP contribution in [0.4, 0.5) is 0 Å². The second-order valence-electron chi connectivity index (χ2n) is 4.44. The summed E-state index contributed by atoms with van der Waals surface area (Å²) in [5, 5.41) is 7.57. The van der Waals surface area contributed by atoms with Crippen molar-refractivity contribution in [2.75, 3.05) is 6.54 Å². The molecular weight excluding hydrogens is 210 g/mol. The predicted octanol–water partition coefficient (Wildman–Crippen LogP) is 2.06. The van der Waals surface area contributed by atoms with Gasteiger partial charge in [-0.1, -0.05) is 29.8 Å². The number of hydrogen-bond donors (Lipinski definition) is 1. The molecule has 0 atom stereocenters. The van der Waals surface area contributed by atoms with Crippen LogP contribution in [0.1, 0.15) is 16.7 Å². The number of aryl methyl sites for hydroxylation is 2. The summed E-state index contributed by atoms with van der Waals surface area (Å²) in [5.41, 5.74) is 3.95. The van der Waals surface area contributed by atoms with Crippen molar-refractivity contribution in [2.24, 2.45) is 7.05 Å². The van der Waals surface area contributed by atoms with Crippen LogP contribution in [0.3, 0.4) is 0 Å². The Morgan fingerprint density at radius 1 is 1.29 bits per heavy atom. The average molecular weight is 229 g/mol. The number of rotatable bonds is 5. The molecule has 0 aliphatic heterocycles. The molecule has 3 heteroatoms. The summed E-state index contributed by atoms with van der Waals surface area (Å²) in [6.07, 6.45) is 5.02. The highest BCUT2D eigenvalue weighted by Crippen LogP contribution is 2.04. The second-order valence-corrected chi connectivity index (χ2v) is 4.44. The standard InChI is InChI=1S/C14H19N3/c1-12-4-3-5-13(8-12)6-7-15-9-14-10-16-17(2)11-14/h3-5,8,10-11,15H,6-7,9H2,1-2H3. The quantitative estimate of drug-likeness (QED) is 0.795. The van der Waals surface area contributed by atoms with Gasteiger partial charge in [0, 0.05) is 25.4 Å². The van der Waals surface area contributed by atoms with Crippen LogP contribution >= 0.6 is 0 Å². The van der Waals surface area contributed by atoms with E-state index in [2.05, 4.69) is 41.6 Å². The first-order valence-corrected chi connectivity index (χ1v) is 5.98. The van der Waals surface area contributed by atoms with E-state index in [4.69, 9.17) is 0 Å². The minimum absolute atomic E-state index is 0.889. The molecule has 0 amide bonds. The van der Waals surface area contributed by atoms with Gasteiger partial charge in [-0.3, -0.25) is 4.68 Å². The van der Waals surface area contributed by atoms with Crippen molar-refractivity contribution in [1.29, 1.82) is 0 Å². The summed E-state index contributed by atoms with van der Waals surface area (Å²) >= 11 is 0. The van der Waals surface area contributed by atoms with E-state index in [1.54, 1.807) is 0 Å². The highest BCUT2D eigenvalue weighted by Gasteiger charge is 1.96. The molecule has 1 N–H and O–H groups in total. The molecule has 1 aromatic carbocycles. The van der Waals surface area contributed by atoms with Gasteiger partial charge in [0.25, 0.3) is 0 Å². The second kappa shape index (κ2) is 5.64. The highest BCUT2D eigenvalue weighted by molar-refractivity contribution is 5.22. The molecule has 1 aromatic heterocycles. The Kier molecular flexibility index (Phi) is 3.94. The Morgan fingerprint density at radius 3 is 2.88 bits per heavy atom. The fourth-order valence-corrected chi connectivity index (χ4v) is 1.90. The average Bonchev–Trinajstić information content (AvgIpc) is 2.71. The zero-order chi connectivity index (χ0) is 12.1. The molecule has 3 nitrogen and oxygen atoms in total. The van der Waals surface area contributed by atoms with Crippen molar-refractivity contribution in [3.05, 3.63) is 53.3 Å². The zero-order valence-electron chi connectivity index (χ0n) is 10.5. The van der Waals surface area contributed by atoms with E-state index < -0.39 is 0 Å². The van der Waals surface area contributed by atoms with Gasteiger partial charge in [-0.2, -0.15) is 5.10 Å². The van der Waals surface area contributed by atoms with Gasteiger partial charge in [0.2, 0.25) is 0 Å². The van der Waals surface area contributed by atoms with Crippen LogP contribution in [-0.4, -0.2) is 16.3 Å². The molecule has 0 radical (unpaired) electrons. The minimum Gasteiger partial charge on any atom is -0.312 e. The first-order chi connectivity index (χ1) is 8.24. The smallest absolute Gasteiger partial charge is 0.0534 e. The Morgan fingerprint density at radius 2 is 2.18 bits per heavy atom. The summed E-state index contributed by atoms with van der Waals surface area (Å²) in [6.45, 7) is 4.02. The van der Waals surface area contributed by atoms with Crippen molar-refractivity contribution >= 4 is 0 Å². The lowest BCUT2D eigenvalue weighted by molar-refractivity contribution is 0.685. The Hall–Kier alpha value is -1.61. The first-order valence-electron chi connectivity index (χ1n) is 5.98. The molecule has 0 bridgehead atoms. The minimum atomic E-state index is 0.889. The molecule has 0 saturated heterocycles. The fraction of sp³-hybridized carbons (Fsp3) is 0.357. The van der Waals surface area contributed by atoms with Crippen LogP contribution in [0, 0.1) is 6.92 Å². The fourth-order valence-electron chi connectivity index (χ4n) is 1.90. The maximum absolute atomic E-state index is 4.14. The molecular formula is C14H19N3. The predicted molar refractivity (Wildman–Crippen MR) is 69.8 cm³/mol. The largest absolute Gasteiger partial charge is 0.312 e. The third kappa shape index (κ3) is 3.71. The zero-order valence-corrected chi connectivity index (χ0v) is 10.5. The monoisotopic (exact) mass is 229 g/mol. The molecule has 0 unspecified atom stereocenters. The Balaban J connectivity index is 1.73. The molecule has 0 aliphatic rings. The van der Waals surface area contributed by atoms with Crippen molar-refractivity contribution in [3.63, 3.8) is 0 Å². The van der Waals surface area contributed by atoms with Crippen LogP contribution in [0.5, 0.6) is 0 Å². The van der Waals surface area contributed by atoms with Crippen LogP contribution < -0.4 is 5.32 Å². The van der Waals surface area contributed by atoms with Gasteiger partial charge >= 0.3 is 0 Å². The van der Waals surface area contributed by atoms with Gasteiger partial charge in [-0.25, -0.2) is 0 Å². The highest BCUT2D eigenvalue weighted by atomic mass is 15.2. The summed E-state index contributed by atoms with van der Waals surface area (Å²) < 4.78 is 1.83. The van der Waals surface area contributed by atoms with Crippen LogP contribution in [0.15, 0.2) is 36.7 Å². The number of benzene rings is 1. The number of aromatic nitrogens is 2. The van der Waals surface area contributed by atoms with Gasteiger partial charge in [0.1, 0.15) is 0 Å². The summed E-state index contributed by atoms with van der Waals surface area (Å²) in [4.78, 5) is 0. The molecule has 2 rings (SSSR count). The van der Waals surface area contributed by atoms with Crippen LogP contribution in [0.2, 0.25) is 0 Å². The maximum Gasteiger partial charge on any atom is 0.0534 e. The van der Waals surface area contributed by atoms with E-state index in [1.165, 1.54) is 16.7 Å². The number of nitrogens with one attached hydrogen (secondary N) is 1. The van der Waals surface area contributed by atoms with Crippen molar-refractivity contribution in [2.45, 2.75) is 19.9 Å². The third-order valence-electron chi connectivity index (χ3n) is 2.76. The van der Waals surface area contributed by atoms with E-state index >= 15 is 0 Å². The van der Waals surface area contributed by atoms with E-state index in [1.807, 2.05) is 24.1 Å². The molecule has 17 heavy (non-hydrogen) atoms. The lowest BCUT2D eigenvalue weighted by Gasteiger charge is -2.04. The van der Waals surface area contributed by atoms with Gasteiger partial charge in [-0.15, -0.1) is 0 Å². The molecule has 2 aromatic rings. The summed E-state index contributed by atoms with van der Waals surface area (Å²) in [5.74, 6) is 0. The lowest BCUT2D eigenvalue weighted by atomic mass is 10.1. The van der Waals surface area contributed by atoms with Gasteiger partial charge in [0.05, 0.1) is 6.20 Å². The molecule has 0 spiro atoms. The van der Waals surface area contributed by atoms with E-state index in [9.17, 15) is 0 Å². The lowest BCUT2D eigenvalue weighted by Crippen LogP contribution is -2.16. The van der Waals surface area contributed by atoms with Crippen molar-refractivity contribution in [1.82, 2.24) is 15.1 Å². The van der Waals surface area contributed by atoms with Crippen LogP contribution in [0.25, 0.3) is 0 Å². The number of nitrogens with zero attached hydrogens (tertiary/aromatic N) is 2. The third-order valence-corrected chi connectivity index (χ3v) is 2.76. The SMILES string of the molecule is Cc1cccc(CCNCc2cnn(C)c2)c1. The van der Waals surface area contributed by atoms with Gasteiger partial charge < -0.3 is 5.32 Å². The number of hydrogen-bond acceptors (Lipinski definition) is 2. The van der Waals surface area contributed by atoms with E-state index in [0.29, 0.717) is 0 Å². The molecule has 0 fully saturated rings. The normalized spacial score (nSPS) is 10.7. The molecule has 1 heterocycles. The van der Waals surface area contributed by atoms with Crippen molar-refractivity contribution < 1.29 is 0 Å². The van der Waals surface area contributed by atoms with Gasteiger partial charge in [-0.05, 0) is 25.5 Å². The van der Waals surface area contributed by atoms with Crippen LogP contribution in [-0.2, 0) is 20.0 Å². The van der Waals surface area contributed by atoms with E-state index in [-0.39, 0.29) is 0 Å². The van der Waals surface area contributed by atoms with E-state index in [0.717, 1.165) is 19.5 Å². The topological polar surface area (TPSA) is 29.9 Å². The molecule has 0 saturated carbocycles. The Labute approximate surface area is 102 Å². The molecule has 90 valence electrons.